The Morgan fingerprint density at radius 3 is 2.59 bits per heavy atom. The summed E-state index contributed by atoms with van der Waals surface area (Å²) in [6.45, 7) is 3.75. The molecule has 0 fully saturated rings. The van der Waals surface area contributed by atoms with E-state index >= 15 is 0 Å². The number of hydrogen-bond donors (Lipinski definition) is 1. The summed E-state index contributed by atoms with van der Waals surface area (Å²) in [5.41, 5.74) is 0.438. The molecular weight excluding hydrogens is 242 g/mol. The third kappa shape index (κ3) is 5.14. The zero-order valence-electron chi connectivity index (χ0n) is 10.1. The Hall–Kier alpha value is -1.14. The lowest BCUT2D eigenvalue weighted by atomic mass is 10.2. The third-order valence-electron chi connectivity index (χ3n) is 1.95. The Morgan fingerprint density at radius 1 is 1.41 bits per heavy atom. The van der Waals surface area contributed by atoms with Crippen LogP contribution in [0.25, 0.3) is 0 Å². The highest BCUT2D eigenvalue weighted by molar-refractivity contribution is 7.90. The van der Waals surface area contributed by atoms with Crippen molar-refractivity contribution in [3.05, 3.63) is 24.0 Å². The van der Waals surface area contributed by atoms with E-state index in [0.29, 0.717) is 11.3 Å². The number of sulfone groups is 1. The molecule has 17 heavy (non-hydrogen) atoms. The minimum atomic E-state index is -3.23. The predicted octanol–water partition coefficient (Wildman–Crippen LogP) is 0.947. The Kier molecular flexibility index (Phi) is 4.47. The zero-order valence-corrected chi connectivity index (χ0v) is 10.9. The van der Waals surface area contributed by atoms with Crippen LogP contribution in [0.3, 0.4) is 0 Å². The molecule has 1 aromatic rings. The summed E-state index contributed by atoms with van der Waals surface area (Å²) in [5.74, 6) is 0.199. The van der Waals surface area contributed by atoms with Gasteiger partial charge < -0.3 is 9.84 Å². The van der Waals surface area contributed by atoms with Crippen molar-refractivity contribution in [3.8, 4) is 5.75 Å². The summed E-state index contributed by atoms with van der Waals surface area (Å²) >= 11 is 0. The van der Waals surface area contributed by atoms with Crippen molar-refractivity contribution in [1.29, 1.82) is 0 Å². The number of ether oxygens (including phenoxy) is 1. The lowest BCUT2D eigenvalue weighted by Gasteiger charge is -2.13. The first-order valence-electron chi connectivity index (χ1n) is 5.25. The summed E-state index contributed by atoms with van der Waals surface area (Å²) in [6.07, 6.45) is 2.96. The molecule has 0 amide bonds. The second kappa shape index (κ2) is 5.46. The molecule has 1 N–H and O–H groups in total. The minimum absolute atomic E-state index is 0.000833. The maximum absolute atomic E-state index is 11.1. The van der Waals surface area contributed by atoms with E-state index in [9.17, 15) is 13.5 Å². The molecule has 1 rings (SSSR count). The van der Waals surface area contributed by atoms with Crippen LogP contribution >= 0.6 is 0 Å². The van der Waals surface area contributed by atoms with Crippen molar-refractivity contribution < 1.29 is 18.3 Å². The van der Waals surface area contributed by atoms with Crippen molar-refractivity contribution in [1.82, 2.24) is 4.98 Å². The summed E-state index contributed by atoms with van der Waals surface area (Å²) in [4.78, 5) is 3.91. The maximum atomic E-state index is 11.1. The maximum Gasteiger partial charge on any atom is 0.150 e. The lowest BCUT2D eigenvalue weighted by Crippen LogP contribution is -2.13. The second-order valence-electron chi connectivity index (χ2n) is 4.23. The zero-order chi connectivity index (χ0) is 13.1. The van der Waals surface area contributed by atoms with E-state index in [0.717, 1.165) is 6.26 Å². The number of rotatable bonds is 5. The minimum Gasteiger partial charge on any atom is -0.489 e. The molecule has 0 radical (unpaired) electrons. The van der Waals surface area contributed by atoms with Crippen LogP contribution in [0.1, 0.15) is 25.5 Å². The van der Waals surface area contributed by atoms with E-state index in [4.69, 9.17) is 4.74 Å². The van der Waals surface area contributed by atoms with Gasteiger partial charge in [0.25, 0.3) is 0 Å². The molecule has 0 spiro atoms. The van der Waals surface area contributed by atoms with Gasteiger partial charge in [0, 0.05) is 18.0 Å². The summed E-state index contributed by atoms with van der Waals surface area (Å²) < 4.78 is 27.5. The van der Waals surface area contributed by atoms with Crippen molar-refractivity contribution >= 4 is 9.84 Å². The van der Waals surface area contributed by atoms with E-state index in [1.54, 1.807) is 6.07 Å². The summed E-state index contributed by atoms with van der Waals surface area (Å²) in [7, 11) is -3.23. The van der Waals surface area contributed by atoms with Crippen LogP contribution < -0.4 is 4.74 Å². The lowest BCUT2D eigenvalue weighted by molar-refractivity contribution is 0.199. The Labute approximate surface area is 101 Å². The molecule has 5 nitrogen and oxygen atoms in total. The molecule has 0 saturated heterocycles. The van der Waals surface area contributed by atoms with Crippen LogP contribution in [0.4, 0.5) is 0 Å². The normalized spacial score (nSPS) is 13.7. The third-order valence-corrected chi connectivity index (χ3v) is 2.87. The van der Waals surface area contributed by atoms with E-state index in [-0.39, 0.29) is 11.9 Å². The van der Waals surface area contributed by atoms with Gasteiger partial charge >= 0.3 is 0 Å². The molecule has 0 aliphatic rings. The van der Waals surface area contributed by atoms with Crippen LogP contribution in [0.5, 0.6) is 5.75 Å². The smallest absolute Gasteiger partial charge is 0.150 e. The van der Waals surface area contributed by atoms with E-state index in [2.05, 4.69) is 4.98 Å². The van der Waals surface area contributed by atoms with Crippen LogP contribution in [-0.2, 0) is 9.84 Å². The van der Waals surface area contributed by atoms with Gasteiger partial charge in [-0.1, -0.05) is 0 Å². The van der Waals surface area contributed by atoms with E-state index in [1.807, 2.05) is 13.8 Å². The fraction of sp³-hybridized carbons (Fsp3) is 0.545. The Bertz CT molecular complexity index is 470. The van der Waals surface area contributed by atoms with Gasteiger partial charge in [0.1, 0.15) is 15.6 Å². The number of aliphatic hydroxyl groups excluding tert-OH is 1. The molecule has 1 atom stereocenters. The van der Waals surface area contributed by atoms with Gasteiger partial charge in [-0.25, -0.2) is 8.42 Å². The van der Waals surface area contributed by atoms with E-state index < -0.39 is 15.9 Å². The first-order valence-corrected chi connectivity index (χ1v) is 7.31. The Balaban J connectivity index is 2.84. The molecule has 0 aliphatic heterocycles. The van der Waals surface area contributed by atoms with Gasteiger partial charge in [0.15, 0.2) is 0 Å². The average molecular weight is 259 g/mol. The number of pyridine rings is 1. The SMILES string of the molecule is CC(C)Oc1cncc(C(O)CS(C)(=O)=O)c1. The van der Waals surface area contributed by atoms with Crippen molar-refractivity contribution in [3.63, 3.8) is 0 Å². The van der Waals surface area contributed by atoms with Crippen molar-refractivity contribution in [2.75, 3.05) is 12.0 Å². The molecule has 0 bridgehead atoms. The quantitative estimate of drug-likeness (QED) is 0.851. The molecule has 1 heterocycles. The van der Waals surface area contributed by atoms with Crippen LogP contribution in [0.2, 0.25) is 0 Å². The highest BCUT2D eigenvalue weighted by Crippen LogP contribution is 2.19. The topological polar surface area (TPSA) is 76.5 Å². The molecule has 1 aromatic heterocycles. The van der Waals surface area contributed by atoms with Crippen LogP contribution in [-0.4, -0.2) is 36.6 Å². The highest BCUT2D eigenvalue weighted by atomic mass is 32.2. The predicted molar refractivity (Wildman–Crippen MR) is 64.7 cm³/mol. The van der Waals surface area contributed by atoms with Gasteiger partial charge in [-0.05, 0) is 19.9 Å². The molecule has 0 saturated carbocycles. The fourth-order valence-electron chi connectivity index (χ4n) is 1.34. The number of hydrogen-bond acceptors (Lipinski definition) is 5. The molecule has 1 unspecified atom stereocenters. The molecule has 0 aliphatic carbocycles. The fourth-order valence-corrected chi connectivity index (χ4v) is 2.10. The monoisotopic (exact) mass is 259 g/mol. The molecular formula is C11H17NO4S. The number of aromatic nitrogens is 1. The van der Waals surface area contributed by atoms with Crippen molar-refractivity contribution in [2.24, 2.45) is 0 Å². The summed E-state index contributed by atoms with van der Waals surface area (Å²) in [6, 6.07) is 1.60. The standard InChI is InChI=1S/C11H17NO4S/c1-8(2)16-10-4-9(5-12-6-10)11(13)7-17(3,14)15/h4-6,8,11,13H,7H2,1-3H3. The van der Waals surface area contributed by atoms with Crippen LogP contribution in [0, 0.1) is 0 Å². The van der Waals surface area contributed by atoms with Crippen LogP contribution in [0.15, 0.2) is 18.5 Å². The van der Waals surface area contributed by atoms with Crippen molar-refractivity contribution in [2.45, 2.75) is 26.1 Å². The second-order valence-corrected chi connectivity index (χ2v) is 6.41. The van der Waals surface area contributed by atoms with Gasteiger partial charge in [0.05, 0.1) is 24.2 Å². The Morgan fingerprint density at radius 2 is 2.06 bits per heavy atom. The first-order chi connectivity index (χ1) is 7.78. The highest BCUT2D eigenvalue weighted by Gasteiger charge is 2.15. The van der Waals surface area contributed by atoms with Gasteiger partial charge in [-0.3, -0.25) is 4.98 Å². The molecule has 6 heteroatoms. The first kappa shape index (κ1) is 13.9. The molecule has 0 aromatic carbocycles. The summed E-state index contributed by atoms with van der Waals surface area (Å²) in [5, 5.41) is 9.74. The van der Waals surface area contributed by atoms with E-state index in [1.165, 1.54) is 12.4 Å². The van der Waals surface area contributed by atoms with Gasteiger partial charge in [-0.2, -0.15) is 0 Å². The average Bonchev–Trinajstić information content (AvgIpc) is 2.14. The van der Waals surface area contributed by atoms with Gasteiger partial charge in [-0.15, -0.1) is 0 Å². The number of nitrogens with zero attached hydrogens (tertiary/aromatic N) is 1. The largest absolute Gasteiger partial charge is 0.489 e. The molecule has 96 valence electrons. The van der Waals surface area contributed by atoms with Gasteiger partial charge in [0.2, 0.25) is 0 Å². The number of aliphatic hydroxyl groups is 1.